The quantitative estimate of drug-likeness (QED) is 0.259. The molecule has 0 radical (unpaired) electrons. The lowest BCUT2D eigenvalue weighted by Crippen LogP contribution is -2.20. The summed E-state index contributed by atoms with van der Waals surface area (Å²) in [4.78, 5) is 0.815. The van der Waals surface area contributed by atoms with Crippen LogP contribution >= 0.6 is 31.8 Å². The Balaban J connectivity index is 1.92. The van der Waals surface area contributed by atoms with Crippen LogP contribution in [0.15, 0.2) is 58.3 Å². The molecule has 2 aromatic carbocycles. The highest BCUT2D eigenvalue weighted by Gasteiger charge is 2.40. The molecular formula is C20H26O3PS2+. The summed E-state index contributed by atoms with van der Waals surface area (Å²) >= 11 is 3.04. The molecule has 0 aliphatic heterocycles. The lowest BCUT2D eigenvalue weighted by molar-refractivity contribution is 0.130. The molecule has 0 aromatic heterocycles. The van der Waals surface area contributed by atoms with E-state index in [9.17, 15) is 4.57 Å². The Morgan fingerprint density at radius 3 is 1.31 bits per heavy atom. The van der Waals surface area contributed by atoms with Gasteiger partial charge in [0.25, 0.3) is 0 Å². The Morgan fingerprint density at radius 1 is 0.692 bits per heavy atom. The second-order valence-electron chi connectivity index (χ2n) is 7.04. The minimum absolute atomic E-state index is 0.659. The molecule has 0 N–H and O–H groups in total. The van der Waals surface area contributed by atoms with Crippen molar-refractivity contribution in [2.24, 2.45) is 0 Å². The second kappa shape index (κ2) is 8.90. The van der Waals surface area contributed by atoms with E-state index in [-0.39, 0.29) is 0 Å². The molecule has 0 fully saturated rings. The van der Waals surface area contributed by atoms with Crippen LogP contribution in [0.1, 0.15) is 38.8 Å². The zero-order valence-corrected chi connectivity index (χ0v) is 18.6. The summed E-state index contributed by atoms with van der Waals surface area (Å²) in [5.74, 6) is 0. The standard InChI is InChI=1S/C20H26O3PS2/c1-15-7-11-17(12-8-15)25-19(3,4)22-24(21)23-20(5,6)26-18-13-9-16(2)10-14-18/h7-14H,1-6H3/q+1. The molecule has 0 amide bonds. The Labute approximate surface area is 166 Å². The van der Waals surface area contributed by atoms with Crippen LogP contribution in [0.4, 0.5) is 0 Å². The summed E-state index contributed by atoms with van der Waals surface area (Å²) in [5, 5.41) is 0. The first kappa shape index (κ1) is 21.5. The van der Waals surface area contributed by atoms with Gasteiger partial charge in [0.2, 0.25) is 0 Å². The van der Waals surface area contributed by atoms with E-state index >= 15 is 0 Å². The predicted molar refractivity (Wildman–Crippen MR) is 112 cm³/mol. The van der Waals surface area contributed by atoms with E-state index in [0.29, 0.717) is 0 Å². The number of rotatable bonds is 8. The zero-order valence-electron chi connectivity index (χ0n) is 16.1. The van der Waals surface area contributed by atoms with Crippen molar-refractivity contribution in [3.05, 3.63) is 59.7 Å². The molecule has 0 heterocycles. The molecule has 6 heteroatoms. The highest BCUT2D eigenvalue weighted by Crippen LogP contribution is 2.46. The van der Waals surface area contributed by atoms with Crippen LogP contribution in [-0.2, 0) is 13.6 Å². The molecule has 140 valence electrons. The minimum atomic E-state index is -2.25. The van der Waals surface area contributed by atoms with Crippen molar-refractivity contribution in [1.82, 2.24) is 0 Å². The molecule has 0 atom stereocenters. The highest BCUT2D eigenvalue weighted by atomic mass is 32.2. The third kappa shape index (κ3) is 7.42. The van der Waals surface area contributed by atoms with Crippen LogP contribution in [0.25, 0.3) is 0 Å². The second-order valence-corrected chi connectivity index (χ2v) is 11.2. The van der Waals surface area contributed by atoms with Crippen molar-refractivity contribution in [2.75, 3.05) is 0 Å². The summed E-state index contributed by atoms with van der Waals surface area (Å²) in [5.41, 5.74) is 2.41. The van der Waals surface area contributed by atoms with E-state index < -0.39 is 18.1 Å². The molecule has 0 spiro atoms. The molecule has 0 saturated carbocycles. The fraction of sp³-hybridized carbons (Fsp3) is 0.400. The van der Waals surface area contributed by atoms with Gasteiger partial charge in [-0.3, -0.25) is 0 Å². The smallest absolute Gasteiger partial charge is 0.102 e. The van der Waals surface area contributed by atoms with Crippen LogP contribution in [0.3, 0.4) is 0 Å². The molecule has 26 heavy (non-hydrogen) atoms. The summed E-state index contributed by atoms with van der Waals surface area (Å²) in [6, 6.07) is 16.4. The fourth-order valence-corrected chi connectivity index (χ4v) is 5.29. The van der Waals surface area contributed by atoms with Gasteiger partial charge < -0.3 is 0 Å². The number of benzene rings is 2. The number of hydrogen-bond acceptors (Lipinski definition) is 5. The van der Waals surface area contributed by atoms with Crippen molar-refractivity contribution in [3.63, 3.8) is 0 Å². The minimum Gasteiger partial charge on any atom is -0.102 e. The van der Waals surface area contributed by atoms with Gasteiger partial charge >= 0.3 is 8.25 Å². The van der Waals surface area contributed by atoms with Gasteiger partial charge in [-0.25, -0.2) is 0 Å². The molecule has 0 aliphatic rings. The average molecular weight is 410 g/mol. The number of hydrogen-bond donors (Lipinski definition) is 0. The van der Waals surface area contributed by atoms with Crippen LogP contribution in [0.2, 0.25) is 0 Å². The predicted octanol–water partition coefficient (Wildman–Crippen LogP) is 7.35. The Hall–Kier alpha value is -0.840. The van der Waals surface area contributed by atoms with E-state index in [2.05, 4.69) is 38.1 Å². The third-order valence-electron chi connectivity index (χ3n) is 3.36. The van der Waals surface area contributed by atoms with Gasteiger partial charge in [0, 0.05) is 14.4 Å². The molecular weight excluding hydrogens is 383 g/mol. The topological polar surface area (TPSA) is 35.5 Å². The van der Waals surface area contributed by atoms with Gasteiger partial charge in [0.05, 0.1) is 0 Å². The first-order chi connectivity index (χ1) is 12.0. The monoisotopic (exact) mass is 409 g/mol. The van der Waals surface area contributed by atoms with Gasteiger partial charge in [-0.1, -0.05) is 58.9 Å². The maximum Gasteiger partial charge on any atom is 0.700 e. The highest BCUT2D eigenvalue weighted by molar-refractivity contribution is 8.01. The zero-order chi connectivity index (χ0) is 19.4. The van der Waals surface area contributed by atoms with E-state index in [1.165, 1.54) is 34.7 Å². The van der Waals surface area contributed by atoms with Gasteiger partial charge in [-0.05, 0) is 65.8 Å². The Kier molecular flexibility index (Phi) is 7.35. The van der Waals surface area contributed by atoms with Crippen molar-refractivity contribution < 1.29 is 13.6 Å². The molecule has 0 bridgehead atoms. The van der Waals surface area contributed by atoms with Crippen molar-refractivity contribution in [3.8, 4) is 0 Å². The normalized spacial score (nSPS) is 12.2. The average Bonchev–Trinajstić information content (AvgIpc) is 2.50. The Bertz CT molecular complexity index is 677. The van der Waals surface area contributed by atoms with E-state index in [1.54, 1.807) is 0 Å². The van der Waals surface area contributed by atoms with E-state index in [1.807, 2.05) is 52.0 Å². The summed E-state index contributed by atoms with van der Waals surface area (Å²) < 4.78 is 23.8. The summed E-state index contributed by atoms with van der Waals surface area (Å²) in [6.45, 7) is 11.7. The lowest BCUT2D eigenvalue weighted by atomic mass is 10.2. The van der Waals surface area contributed by atoms with Crippen LogP contribution in [0.5, 0.6) is 0 Å². The van der Waals surface area contributed by atoms with Crippen LogP contribution < -0.4 is 0 Å². The molecule has 3 nitrogen and oxygen atoms in total. The first-order valence-corrected chi connectivity index (χ1v) is 11.1. The van der Waals surface area contributed by atoms with Gasteiger partial charge in [-0.15, -0.1) is 9.05 Å². The van der Waals surface area contributed by atoms with Crippen molar-refractivity contribution in [2.45, 2.75) is 61.2 Å². The maximum atomic E-state index is 12.4. The van der Waals surface area contributed by atoms with E-state index in [0.717, 1.165) is 9.79 Å². The number of aryl methyl sites for hydroxylation is 2. The summed E-state index contributed by atoms with van der Waals surface area (Å²) in [7, 11) is -2.25. The summed E-state index contributed by atoms with van der Waals surface area (Å²) in [6.07, 6.45) is 0. The van der Waals surface area contributed by atoms with Crippen LogP contribution in [0, 0.1) is 13.8 Å². The van der Waals surface area contributed by atoms with Gasteiger partial charge in [0.15, 0.2) is 9.87 Å². The fourth-order valence-electron chi connectivity index (χ4n) is 2.20. The van der Waals surface area contributed by atoms with Crippen LogP contribution in [-0.4, -0.2) is 9.87 Å². The molecule has 2 aromatic rings. The molecule has 0 saturated heterocycles. The van der Waals surface area contributed by atoms with Gasteiger partial charge in [-0.2, -0.15) is 0 Å². The third-order valence-corrected chi connectivity index (χ3v) is 6.98. The molecule has 2 rings (SSSR count). The maximum absolute atomic E-state index is 12.4. The van der Waals surface area contributed by atoms with Crippen molar-refractivity contribution in [1.29, 1.82) is 0 Å². The first-order valence-electron chi connectivity index (χ1n) is 8.42. The van der Waals surface area contributed by atoms with Gasteiger partial charge in [0.1, 0.15) is 0 Å². The van der Waals surface area contributed by atoms with E-state index in [4.69, 9.17) is 9.05 Å². The molecule has 0 aliphatic carbocycles. The van der Waals surface area contributed by atoms with Crippen molar-refractivity contribution >= 4 is 31.8 Å². The lowest BCUT2D eigenvalue weighted by Gasteiger charge is -2.20. The number of thioether (sulfide) groups is 2. The largest absolute Gasteiger partial charge is 0.700 e. The SMILES string of the molecule is Cc1ccc(SC(C)(C)O[P+](=O)OC(C)(C)Sc2ccc(C)cc2)cc1. The Morgan fingerprint density at radius 2 is 1.00 bits per heavy atom. The molecule has 0 unspecified atom stereocenters.